The Morgan fingerprint density at radius 1 is 1.40 bits per heavy atom. The van der Waals surface area contributed by atoms with Crippen molar-refractivity contribution in [3.63, 3.8) is 0 Å². The van der Waals surface area contributed by atoms with Crippen molar-refractivity contribution in [3.8, 4) is 0 Å². The first-order valence-corrected chi connectivity index (χ1v) is 7.09. The molecule has 7 heteroatoms. The molecule has 1 aromatic rings. The van der Waals surface area contributed by atoms with Crippen LogP contribution in [0.4, 0.5) is 14.5 Å². The summed E-state index contributed by atoms with van der Waals surface area (Å²) in [5.74, 6) is -2.47. The third-order valence-electron chi connectivity index (χ3n) is 2.96. The zero-order valence-electron chi connectivity index (χ0n) is 10.8. The molecule has 2 rings (SSSR count). The summed E-state index contributed by atoms with van der Waals surface area (Å²) in [6.45, 7) is 0.970. The number of rotatable bonds is 5. The van der Waals surface area contributed by atoms with Gasteiger partial charge in [-0.15, -0.1) is 12.4 Å². The number of thioether (sulfide) groups is 1. The van der Waals surface area contributed by atoms with Crippen molar-refractivity contribution in [2.24, 2.45) is 0 Å². The van der Waals surface area contributed by atoms with E-state index < -0.39 is 5.76 Å². The lowest BCUT2D eigenvalue weighted by Crippen LogP contribution is -2.27. The Hall–Kier alpha value is -0.850. The molecule has 0 radical (unpaired) electrons. The summed E-state index contributed by atoms with van der Waals surface area (Å²) in [5.41, 5.74) is 0.640. The molecule has 1 aliphatic heterocycles. The molecular formula is C13H17ClF2N2OS. The fourth-order valence-electron chi connectivity index (χ4n) is 2.09. The van der Waals surface area contributed by atoms with Crippen molar-refractivity contribution < 1.29 is 13.6 Å². The van der Waals surface area contributed by atoms with Gasteiger partial charge in [0.1, 0.15) is 0 Å². The Morgan fingerprint density at radius 3 is 2.65 bits per heavy atom. The van der Waals surface area contributed by atoms with Gasteiger partial charge in [-0.05, 0) is 43.7 Å². The molecule has 112 valence electrons. The van der Waals surface area contributed by atoms with Gasteiger partial charge in [-0.1, -0.05) is 11.8 Å². The summed E-state index contributed by atoms with van der Waals surface area (Å²) in [7, 11) is 0. The minimum Gasteiger partial charge on any atom is -0.326 e. The Balaban J connectivity index is 0.00000200. The number of carbonyl (C=O) groups is 1. The molecule has 1 amide bonds. The van der Waals surface area contributed by atoms with Crippen LogP contribution in [0.2, 0.25) is 0 Å². The molecule has 1 fully saturated rings. The third-order valence-corrected chi connectivity index (χ3v) is 3.68. The van der Waals surface area contributed by atoms with Crippen LogP contribution >= 0.6 is 24.2 Å². The zero-order valence-corrected chi connectivity index (χ0v) is 12.4. The maximum absolute atomic E-state index is 12.1. The van der Waals surface area contributed by atoms with E-state index in [2.05, 4.69) is 10.6 Å². The molecule has 0 aliphatic carbocycles. The van der Waals surface area contributed by atoms with Crippen LogP contribution in [0.25, 0.3) is 0 Å². The van der Waals surface area contributed by atoms with Crippen LogP contribution in [0.15, 0.2) is 29.2 Å². The van der Waals surface area contributed by atoms with E-state index in [1.54, 1.807) is 24.3 Å². The predicted octanol–water partition coefficient (Wildman–Crippen LogP) is 3.50. The first-order valence-electron chi connectivity index (χ1n) is 6.21. The molecule has 2 N–H and O–H groups in total. The Labute approximate surface area is 127 Å². The van der Waals surface area contributed by atoms with Crippen LogP contribution in [-0.4, -0.2) is 24.3 Å². The fraction of sp³-hybridized carbons (Fsp3) is 0.462. The molecule has 1 aromatic carbocycles. The smallest absolute Gasteiger partial charge is 0.288 e. The van der Waals surface area contributed by atoms with Gasteiger partial charge in [0.05, 0.1) is 0 Å². The maximum atomic E-state index is 12.1. The van der Waals surface area contributed by atoms with E-state index in [1.165, 1.54) is 0 Å². The Bertz CT molecular complexity index is 425. The second kappa shape index (κ2) is 8.44. The Morgan fingerprint density at radius 2 is 2.10 bits per heavy atom. The van der Waals surface area contributed by atoms with Gasteiger partial charge in [-0.2, -0.15) is 8.78 Å². The summed E-state index contributed by atoms with van der Waals surface area (Å²) in [6, 6.07) is 6.71. The molecule has 20 heavy (non-hydrogen) atoms. The van der Waals surface area contributed by atoms with Gasteiger partial charge in [-0.3, -0.25) is 4.79 Å². The number of carbonyl (C=O) groups excluding carboxylic acids is 1. The van der Waals surface area contributed by atoms with Crippen molar-refractivity contribution in [1.29, 1.82) is 0 Å². The number of amides is 1. The number of nitrogens with one attached hydrogen (secondary N) is 2. The second-order valence-corrected chi connectivity index (χ2v) is 5.51. The first-order chi connectivity index (χ1) is 9.13. The largest absolute Gasteiger partial charge is 0.326 e. The van der Waals surface area contributed by atoms with Crippen molar-refractivity contribution in [3.05, 3.63) is 24.3 Å². The summed E-state index contributed by atoms with van der Waals surface area (Å²) in [4.78, 5) is 12.2. The van der Waals surface area contributed by atoms with E-state index in [9.17, 15) is 13.6 Å². The molecule has 0 spiro atoms. The maximum Gasteiger partial charge on any atom is 0.288 e. The SMILES string of the molecule is Cl.O=C(CC1CCCN1)Nc1ccc(SC(F)F)cc1. The summed E-state index contributed by atoms with van der Waals surface area (Å²) in [6.07, 6.45) is 2.59. The zero-order chi connectivity index (χ0) is 13.7. The van der Waals surface area contributed by atoms with E-state index in [-0.39, 0.29) is 24.4 Å². The number of hydrogen-bond donors (Lipinski definition) is 2. The van der Waals surface area contributed by atoms with Gasteiger partial charge in [0, 0.05) is 23.0 Å². The average molecular weight is 323 g/mol. The highest BCUT2D eigenvalue weighted by Crippen LogP contribution is 2.26. The molecule has 1 unspecified atom stereocenters. The summed E-state index contributed by atoms with van der Waals surface area (Å²) < 4.78 is 24.3. The number of benzene rings is 1. The van der Waals surface area contributed by atoms with Crippen LogP contribution in [0.1, 0.15) is 19.3 Å². The van der Waals surface area contributed by atoms with Gasteiger partial charge in [-0.25, -0.2) is 0 Å². The lowest BCUT2D eigenvalue weighted by molar-refractivity contribution is -0.116. The topological polar surface area (TPSA) is 41.1 Å². The molecule has 1 atom stereocenters. The van der Waals surface area contributed by atoms with E-state index in [1.807, 2.05) is 0 Å². The lowest BCUT2D eigenvalue weighted by Gasteiger charge is -2.10. The Kier molecular flexibility index (Phi) is 7.26. The third kappa shape index (κ3) is 5.64. The predicted molar refractivity (Wildman–Crippen MR) is 79.8 cm³/mol. The molecule has 1 aliphatic rings. The molecule has 1 heterocycles. The minimum absolute atomic E-state index is 0. The van der Waals surface area contributed by atoms with E-state index in [0.717, 1.165) is 19.4 Å². The highest BCUT2D eigenvalue weighted by atomic mass is 35.5. The highest BCUT2D eigenvalue weighted by Gasteiger charge is 2.17. The molecule has 0 bridgehead atoms. The number of hydrogen-bond acceptors (Lipinski definition) is 3. The van der Waals surface area contributed by atoms with E-state index >= 15 is 0 Å². The standard InChI is InChI=1S/C13H16F2N2OS.ClH/c14-13(15)19-11-5-3-9(4-6-11)17-12(18)8-10-2-1-7-16-10;/h3-6,10,13,16H,1-2,7-8H2,(H,17,18);1H. The summed E-state index contributed by atoms with van der Waals surface area (Å²) >= 11 is 0.496. The van der Waals surface area contributed by atoms with Gasteiger partial charge < -0.3 is 10.6 Å². The van der Waals surface area contributed by atoms with E-state index in [4.69, 9.17) is 0 Å². The normalized spacial score (nSPS) is 17.9. The highest BCUT2D eigenvalue weighted by molar-refractivity contribution is 7.99. The molecule has 0 saturated carbocycles. The quantitative estimate of drug-likeness (QED) is 0.815. The van der Waals surface area contributed by atoms with Crippen molar-refractivity contribution in [1.82, 2.24) is 5.32 Å². The van der Waals surface area contributed by atoms with Crippen LogP contribution in [0.5, 0.6) is 0 Å². The summed E-state index contributed by atoms with van der Waals surface area (Å²) in [5, 5.41) is 6.03. The second-order valence-electron chi connectivity index (χ2n) is 4.45. The average Bonchev–Trinajstić information content (AvgIpc) is 2.83. The van der Waals surface area contributed by atoms with Gasteiger partial charge in [0.2, 0.25) is 5.91 Å². The molecule has 3 nitrogen and oxygen atoms in total. The van der Waals surface area contributed by atoms with Gasteiger partial charge >= 0.3 is 0 Å². The number of anilines is 1. The van der Waals surface area contributed by atoms with Crippen LogP contribution in [-0.2, 0) is 4.79 Å². The van der Waals surface area contributed by atoms with Crippen molar-refractivity contribution in [2.75, 3.05) is 11.9 Å². The van der Waals surface area contributed by atoms with Gasteiger partial charge in [0.25, 0.3) is 5.76 Å². The van der Waals surface area contributed by atoms with Crippen molar-refractivity contribution >= 4 is 35.8 Å². The first kappa shape index (κ1) is 17.2. The van der Waals surface area contributed by atoms with E-state index in [0.29, 0.717) is 28.8 Å². The lowest BCUT2D eigenvalue weighted by atomic mass is 10.1. The number of halogens is 3. The number of alkyl halides is 2. The van der Waals surface area contributed by atoms with Crippen LogP contribution in [0.3, 0.4) is 0 Å². The molecule has 0 aromatic heterocycles. The van der Waals surface area contributed by atoms with Crippen LogP contribution in [0, 0.1) is 0 Å². The molecular weight excluding hydrogens is 306 g/mol. The van der Waals surface area contributed by atoms with Crippen molar-refractivity contribution in [2.45, 2.75) is 36.0 Å². The fourth-order valence-corrected chi connectivity index (χ4v) is 2.59. The minimum atomic E-state index is -2.42. The monoisotopic (exact) mass is 322 g/mol. The molecule has 1 saturated heterocycles. The van der Waals surface area contributed by atoms with Crippen LogP contribution < -0.4 is 10.6 Å². The van der Waals surface area contributed by atoms with Gasteiger partial charge in [0.15, 0.2) is 0 Å².